The molecule has 20 heavy (non-hydrogen) atoms. The standard InChI is InChI=1S/C14H17F3N2O/c1-9(19-13(20)12-6-3-7-18-12)10-4-2-5-11(8-10)14(15,16)17/h2,4-5,8-9,12,18H,3,6-7H2,1H3,(H,19,20). The number of halogens is 3. The smallest absolute Gasteiger partial charge is 0.348 e. The Balaban J connectivity index is 2.05. The number of carbonyl (C=O) groups is 1. The number of carbonyl (C=O) groups excluding carboxylic acids is 1. The minimum absolute atomic E-state index is 0.160. The second kappa shape index (κ2) is 5.83. The number of alkyl halides is 3. The van der Waals surface area contributed by atoms with Crippen molar-refractivity contribution in [3.05, 3.63) is 35.4 Å². The maximum atomic E-state index is 12.6. The van der Waals surface area contributed by atoms with E-state index in [1.807, 2.05) is 0 Å². The predicted molar refractivity (Wildman–Crippen MR) is 69.0 cm³/mol. The van der Waals surface area contributed by atoms with Crippen molar-refractivity contribution in [1.29, 1.82) is 0 Å². The van der Waals surface area contributed by atoms with Crippen molar-refractivity contribution in [1.82, 2.24) is 10.6 Å². The molecular weight excluding hydrogens is 269 g/mol. The third kappa shape index (κ3) is 3.50. The van der Waals surface area contributed by atoms with Gasteiger partial charge in [0, 0.05) is 0 Å². The molecule has 6 heteroatoms. The largest absolute Gasteiger partial charge is 0.416 e. The van der Waals surface area contributed by atoms with Crippen molar-refractivity contribution in [2.24, 2.45) is 0 Å². The summed E-state index contributed by atoms with van der Waals surface area (Å²) in [5.74, 6) is -0.160. The van der Waals surface area contributed by atoms with Gasteiger partial charge in [0.25, 0.3) is 0 Å². The van der Waals surface area contributed by atoms with Gasteiger partial charge in [-0.1, -0.05) is 12.1 Å². The Morgan fingerprint density at radius 2 is 2.20 bits per heavy atom. The van der Waals surface area contributed by atoms with Crippen LogP contribution in [0.4, 0.5) is 13.2 Å². The highest BCUT2D eigenvalue weighted by Gasteiger charge is 2.31. The maximum Gasteiger partial charge on any atom is 0.416 e. The number of benzene rings is 1. The minimum atomic E-state index is -4.37. The summed E-state index contributed by atoms with van der Waals surface area (Å²) >= 11 is 0. The van der Waals surface area contributed by atoms with Gasteiger partial charge in [0.2, 0.25) is 5.91 Å². The lowest BCUT2D eigenvalue weighted by molar-refractivity contribution is -0.137. The van der Waals surface area contributed by atoms with E-state index in [1.165, 1.54) is 6.07 Å². The zero-order valence-corrected chi connectivity index (χ0v) is 11.1. The highest BCUT2D eigenvalue weighted by Crippen LogP contribution is 2.30. The van der Waals surface area contributed by atoms with Crippen molar-refractivity contribution < 1.29 is 18.0 Å². The summed E-state index contributed by atoms with van der Waals surface area (Å²) in [4.78, 5) is 11.9. The molecule has 1 heterocycles. The Labute approximate surface area is 115 Å². The van der Waals surface area contributed by atoms with Gasteiger partial charge in [-0.15, -0.1) is 0 Å². The third-order valence-corrected chi connectivity index (χ3v) is 3.45. The molecule has 1 aromatic rings. The Morgan fingerprint density at radius 3 is 2.80 bits per heavy atom. The van der Waals surface area contributed by atoms with Gasteiger partial charge in [0.15, 0.2) is 0 Å². The summed E-state index contributed by atoms with van der Waals surface area (Å²) in [6.07, 6.45) is -2.66. The van der Waals surface area contributed by atoms with Crippen LogP contribution in [-0.4, -0.2) is 18.5 Å². The monoisotopic (exact) mass is 286 g/mol. The molecule has 0 aromatic heterocycles. The zero-order valence-electron chi connectivity index (χ0n) is 11.1. The van der Waals surface area contributed by atoms with Crippen LogP contribution >= 0.6 is 0 Å². The molecule has 2 rings (SSSR count). The topological polar surface area (TPSA) is 41.1 Å². The SMILES string of the molecule is CC(NC(=O)C1CCCN1)c1cccc(C(F)(F)F)c1. The van der Waals surface area contributed by atoms with E-state index in [1.54, 1.807) is 13.0 Å². The molecule has 2 unspecified atom stereocenters. The molecule has 1 aliphatic rings. The lowest BCUT2D eigenvalue weighted by atomic mass is 10.0. The van der Waals surface area contributed by atoms with E-state index in [0.29, 0.717) is 5.56 Å². The summed E-state index contributed by atoms with van der Waals surface area (Å²) in [7, 11) is 0. The summed E-state index contributed by atoms with van der Waals surface area (Å²) in [6.45, 7) is 2.48. The Morgan fingerprint density at radius 1 is 1.45 bits per heavy atom. The van der Waals surface area contributed by atoms with Gasteiger partial charge in [-0.05, 0) is 44.0 Å². The van der Waals surface area contributed by atoms with Gasteiger partial charge in [0.1, 0.15) is 0 Å². The van der Waals surface area contributed by atoms with E-state index in [4.69, 9.17) is 0 Å². The molecule has 1 aliphatic heterocycles. The van der Waals surface area contributed by atoms with Gasteiger partial charge in [-0.25, -0.2) is 0 Å². The van der Waals surface area contributed by atoms with Crippen LogP contribution in [0.2, 0.25) is 0 Å². The summed E-state index contributed by atoms with van der Waals surface area (Å²) in [6, 6.07) is 4.36. The van der Waals surface area contributed by atoms with Crippen LogP contribution in [0.25, 0.3) is 0 Å². The van der Waals surface area contributed by atoms with Crippen LogP contribution in [0, 0.1) is 0 Å². The van der Waals surface area contributed by atoms with Crippen LogP contribution in [0.15, 0.2) is 24.3 Å². The molecule has 1 aromatic carbocycles. The van der Waals surface area contributed by atoms with Gasteiger partial charge in [-0.3, -0.25) is 4.79 Å². The molecule has 0 radical (unpaired) electrons. The Bertz CT molecular complexity index is 482. The van der Waals surface area contributed by atoms with Crippen LogP contribution in [0.1, 0.15) is 36.9 Å². The molecule has 0 saturated carbocycles. The van der Waals surface area contributed by atoms with Crippen LogP contribution in [0.3, 0.4) is 0 Å². The fourth-order valence-electron chi connectivity index (χ4n) is 2.29. The molecule has 1 amide bonds. The lowest BCUT2D eigenvalue weighted by Gasteiger charge is -2.18. The van der Waals surface area contributed by atoms with E-state index < -0.39 is 17.8 Å². The first-order chi connectivity index (χ1) is 9.38. The molecule has 1 saturated heterocycles. The normalized spacial score (nSPS) is 20.7. The Hall–Kier alpha value is -1.56. The number of hydrogen-bond donors (Lipinski definition) is 2. The fourth-order valence-corrected chi connectivity index (χ4v) is 2.29. The molecule has 0 spiro atoms. The highest BCUT2D eigenvalue weighted by atomic mass is 19.4. The predicted octanol–water partition coefficient (Wildman–Crippen LogP) is 2.63. The Kier molecular flexibility index (Phi) is 4.32. The first-order valence-electron chi connectivity index (χ1n) is 6.59. The van der Waals surface area contributed by atoms with Crippen molar-refractivity contribution >= 4 is 5.91 Å². The summed E-state index contributed by atoms with van der Waals surface area (Å²) in [5.41, 5.74) is -0.249. The first-order valence-corrected chi connectivity index (χ1v) is 6.59. The molecule has 1 fully saturated rings. The van der Waals surface area contributed by atoms with Crippen LogP contribution in [-0.2, 0) is 11.0 Å². The highest BCUT2D eigenvalue weighted by molar-refractivity contribution is 5.82. The molecule has 2 N–H and O–H groups in total. The van der Waals surface area contributed by atoms with Gasteiger partial charge in [0.05, 0.1) is 17.6 Å². The molecule has 110 valence electrons. The molecule has 3 nitrogen and oxygen atoms in total. The van der Waals surface area contributed by atoms with E-state index >= 15 is 0 Å². The average Bonchev–Trinajstić information content (AvgIpc) is 2.91. The van der Waals surface area contributed by atoms with Crippen LogP contribution in [0.5, 0.6) is 0 Å². The molecule has 2 atom stereocenters. The van der Waals surface area contributed by atoms with Gasteiger partial charge in [-0.2, -0.15) is 13.2 Å². The van der Waals surface area contributed by atoms with E-state index in [2.05, 4.69) is 10.6 Å². The van der Waals surface area contributed by atoms with Crippen molar-refractivity contribution in [2.75, 3.05) is 6.54 Å². The van der Waals surface area contributed by atoms with E-state index in [-0.39, 0.29) is 11.9 Å². The second-order valence-electron chi connectivity index (χ2n) is 5.00. The van der Waals surface area contributed by atoms with Crippen molar-refractivity contribution in [2.45, 2.75) is 38.0 Å². The number of hydrogen-bond acceptors (Lipinski definition) is 2. The molecule has 0 bridgehead atoms. The lowest BCUT2D eigenvalue weighted by Crippen LogP contribution is -2.41. The summed E-state index contributed by atoms with van der Waals surface area (Å²) < 4.78 is 37.9. The molecule has 0 aliphatic carbocycles. The number of nitrogens with one attached hydrogen (secondary N) is 2. The second-order valence-corrected chi connectivity index (χ2v) is 5.00. The van der Waals surface area contributed by atoms with E-state index in [0.717, 1.165) is 31.5 Å². The first kappa shape index (κ1) is 14.8. The quantitative estimate of drug-likeness (QED) is 0.897. The maximum absolute atomic E-state index is 12.6. The van der Waals surface area contributed by atoms with Crippen molar-refractivity contribution in [3.8, 4) is 0 Å². The fraction of sp³-hybridized carbons (Fsp3) is 0.500. The van der Waals surface area contributed by atoms with Gasteiger partial charge < -0.3 is 10.6 Å². The zero-order chi connectivity index (χ0) is 14.8. The molecular formula is C14H17F3N2O. The minimum Gasteiger partial charge on any atom is -0.348 e. The van der Waals surface area contributed by atoms with Crippen molar-refractivity contribution in [3.63, 3.8) is 0 Å². The van der Waals surface area contributed by atoms with Gasteiger partial charge >= 0.3 is 6.18 Å². The number of rotatable bonds is 3. The third-order valence-electron chi connectivity index (χ3n) is 3.45. The average molecular weight is 286 g/mol. The summed E-state index contributed by atoms with van der Waals surface area (Å²) in [5, 5.41) is 5.80. The van der Waals surface area contributed by atoms with E-state index in [9.17, 15) is 18.0 Å². The number of amides is 1. The van der Waals surface area contributed by atoms with Crippen LogP contribution < -0.4 is 10.6 Å².